The number of carbonyl (C=O) groups is 1. The number of aromatic nitrogens is 1. The molecule has 1 saturated heterocycles. The molecule has 0 bridgehead atoms. The van der Waals surface area contributed by atoms with Crippen molar-refractivity contribution in [2.24, 2.45) is 0 Å². The van der Waals surface area contributed by atoms with E-state index in [2.05, 4.69) is 21.3 Å². The van der Waals surface area contributed by atoms with E-state index < -0.39 is 15.1 Å². The molecule has 2 heterocycles. The number of rotatable bonds is 6. The zero-order valence-electron chi connectivity index (χ0n) is 18.8. The Kier molecular flexibility index (Phi) is 6.91. The van der Waals surface area contributed by atoms with Crippen molar-refractivity contribution in [3.63, 3.8) is 0 Å². The van der Waals surface area contributed by atoms with Gasteiger partial charge in [-0.15, -0.1) is 0 Å². The Balaban J connectivity index is 1.35. The van der Waals surface area contributed by atoms with E-state index in [1.165, 1.54) is 0 Å². The Morgan fingerprint density at radius 2 is 1.94 bits per heavy atom. The van der Waals surface area contributed by atoms with Crippen LogP contribution in [0.5, 0.6) is 0 Å². The summed E-state index contributed by atoms with van der Waals surface area (Å²) >= 11 is 6.19. The average Bonchev–Trinajstić information content (AvgIpc) is 2.79. The minimum absolute atomic E-state index is 0.0504. The fraction of sp³-hybridized carbons (Fsp3) is 0.360. The normalized spacial score (nSPS) is 16.0. The maximum absolute atomic E-state index is 13.1. The SMILES string of the molecule is Cc1cc(N2CCC(NC(=O)CC(C)S(=O)(=O)c3ccc4c(Cl)cccc4c3)CC2)ccn1. The molecule has 1 aromatic heterocycles. The molecule has 33 heavy (non-hydrogen) atoms. The first-order chi connectivity index (χ1) is 15.7. The predicted octanol–water partition coefficient (Wildman–Crippen LogP) is 4.53. The third-order valence-corrected chi connectivity index (χ3v) is 8.70. The van der Waals surface area contributed by atoms with Crippen molar-refractivity contribution >= 4 is 43.8 Å². The van der Waals surface area contributed by atoms with Gasteiger partial charge in [0, 0.05) is 53.5 Å². The van der Waals surface area contributed by atoms with Crippen LogP contribution in [-0.2, 0) is 14.6 Å². The highest BCUT2D eigenvalue weighted by atomic mass is 35.5. The van der Waals surface area contributed by atoms with Crippen molar-refractivity contribution in [1.82, 2.24) is 10.3 Å². The number of fused-ring (bicyclic) bond motifs is 1. The first kappa shape index (κ1) is 23.5. The molecule has 6 nitrogen and oxygen atoms in total. The number of benzene rings is 2. The van der Waals surface area contributed by atoms with E-state index in [0.717, 1.165) is 48.1 Å². The second-order valence-corrected chi connectivity index (χ2v) is 11.4. The Morgan fingerprint density at radius 3 is 2.67 bits per heavy atom. The molecule has 0 spiro atoms. The van der Waals surface area contributed by atoms with Crippen LogP contribution in [0, 0.1) is 6.92 Å². The summed E-state index contributed by atoms with van der Waals surface area (Å²) in [6.07, 6.45) is 3.38. The van der Waals surface area contributed by atoms with E-state index >= 15 is 0 Å². The number of aryl methyl sites for hydroxylation is 1. The molecule has 0 saturated carbocycles. The smallest absolute Gasteiger partial charge is 0.221 e. The van der Waals surface area contributed by atoms with E-state index in [1.807, 2.05) is 25.3 Å². The van der Waals surface area contributed by atoms with Gasteiger partial charge in [-0.05, 0) is 62.4 Å². The zero-order valence-corrected chi connectivity index (χ0v) is 20.4. The lowest BCUT2D eigenvalue weighted by Gasteiger charge is -2.34. The number of hydrogen-bond donors (Lipinski definition) is 1. The molecule has 1 aliphatic rings. The van der Waals surface area contributed by atoms with Gasteiger partial charge in [0.1, 0.15) is 0 Å². The van der Waals surface area contributed by atoms with Crippen LogP contribution in [0.1, 0.15) is 31.9 Å². The number of pyridine rings is 1. The molecule has 1 atom stereocenters. The van der Waals surface area contributed by atoms with Gasteiger partial charge in [0.05, 0.1) is 10.1 Å². The van der Waals surface area contributed by atoms with E-state index in [1.54, 1.807) is 37.3 Å². The molecule has 0 radical (unpaired) electrons. The summed E-state index contributed by atoms with van der Waals surface area (Å²) in [5.74, 6) is -0.229. The standard InChI is InChI=1S/C25H28ClN3O3S/c1-17-14-21(8-11-27-17)29-12-9-20(10-13-29)28-25(30)15-18(2)33(31,32)22-6-7-23-19(16-22)4-3-5-24(23)26/h3-8,11,14,16,18,20H,9-10,12-13,15H2,1-2H3,(H,28,30). The zero-order chi connectivity index (χ0) is 23.6. The maximum Gasteiger partial charge on any atom is 0.221 e. The van der Waals surface area contributed by atoms with Gasteiger partial charge >= 0.3 is 0 Å². The number of piperidine rings is 1. The highest BCUT2D eigenvalue weighted by Crippen LogP contribution is 2.28. The van der Waals surface area contributed by atoms with Crippen molar-refractivity contribution in [1.29, 1.82) is 0 Å². The van der Waals surface area contributed by atoms with Gasteiger partial charge in [0.25, 0.3) is 0 Å². The Bertz CT molecular complexity index is 1270. The van der Waals surface area contributed by atoms with Gasteiger partial charge in [0.15, 0.2) is 9.84 Å². The molecule has 8 heteroatoms. The molecule has 1 unspecified atom stereocenters. The van der Waals surface area contributed by atoms with Gasteiger partial charge in [-0.1, -0.05) is 29.8 Å². The largest absolute Gasteiger partial charge is 0.371 e. The van der Waals surface area contributed by atoms with Gasteiger partial charge in [-0.25, -0.2) is 8.42 Å². The number of amides is 1. The van der Waals surface area contributed by atoms with Crippen LogP contribution < -0.4 is 10.2 Å². The van der Waals surface area contributed by atoms with Crippen LogP contribution in [0.2, 0.25) is 5.02 Å². The van der Waals surface area contributed by atoms with Gasteiger partial charge in [-0.2, -0.15) is 0 Å². The van der Waals surface area contributed by atoms with Crippen LogP contribution in [0.15, 0.2) is 59.6 Å². The highest BCUT2D eigenvalue weighted by Gasteiger charge is 2.28. The quantitative estimate of drug-likeness (QED) is 0.554. The summed E-state index contributed by atoms with van der Waals surface area (Å²) in [5, 5.41) is 4.35. The van der Waals surface area contributed by atoms with Gasteiger partial charge in [0.2, 0.25) is 5.91 Å². The molecule has 3 aromatic rings. The summed E-state index contributed by atoms with van der Waals surface area (Å²) in [6.45, 7) is 5.23. The number of nitrogens with one attached hydrogen (secondary N) is 1. The van der Waals surface area contributed by atoms with E-state index in [-0.39, 0.29) is 23.3 Å². The van der Waals surface area contributed by atoms with Gasteiger partial charge < -0.3 is 10.2 Å². The molecular formula is C25H28ClN3O3S. The number of nitrogens with zero attached hydrogens (tertiary/aromatic N) is 2. The Labute approximate surface area is 199 Å². The van der Waals surface area contributed by atoms with Crippen molar-refractivity contribution in [3.05, 3.63) is 65.4 Å². The molecule has 1 N–H and O–H groups in total. The number of hydrogen-bond acceptors (Lipinski definition) is 5. The minimum atomic E-state index is -3.65. The number of sulfone groups is 1. The molecule has 4 rings (SSSR count). The number of halogens is 1. The van der Waals surface area contributed by atoms with Crippen molar-refractivity contribution in [2.45, 2.75) is 49.3 Å². The van der Waals surface area contributed by atoms with Crippen LogP contribution in [0.4, 0.5) is 5.69 Å². The molecule has 1 amide bonds. The third kappa shape index (κ3) is 5.31. The first-order valence-electron chi connectivity index (χ1n) is 11.1. The van der Waals surface area contributed by atoms with E-state index in [9.17, 15) is 13.2 Å². The predicted molar refractivity (Wildman–Crippen MR) is 133 cm³/mol. The summed E-state index contributed by atoms with van der Waals surface area (Å²) in [5.41, 5.74) is 2.12. The van der Waals surface area contributed by atoms with Crippen molar-refractivity contribution in [3.8, 4) is 0 Å². The highest BCUT2D eigenvalue weighted by molar-refractivity contribution is 7.92. The Morgan fingerprint density at radius 1 is 1.18 bits per heavy atom. The Hall–Kier alpha value is -2.64. The number of anilines is 1. The molecule has 0 aliphatic carbocycles. The molecule has 1 aliphatic heterocycles. The molecule has 174 valence electrons. The van der Waals surface area contributed by atoms with E-state index in [4.69, 9.17) is 11.6 Å². The van der Waals surface area contributed by atoms with Crippen LogP contribution >= 0.6 is 11.6 Å². The van der Waals surface area contributed by atoms with Crippen molar-refractivity contribution < 1.29 is 13.2 Å². The summed E-state index contributed by atoms with van der Waals surface area (Å²) in [4.78, 5) is 19.4. The summed E-state index contributed by atoms with van der Waals surface area (Å²) in [7, 11) is -3.65. The fourth-order valence-electron chi connectivity index (χ4n) is 4.30. The monoisotopic (exact) mass is 485 g/mol. The topological polar surface area (TPSA) is 79.4 Å². The summed E-state index contributed by atoms with van der Waals surface area (Å²) in [6, 6.07) is 14.4. The maximum atomic E-state index is 13.1. The minimum Gasteiger partial charge on any atom is -0.371 e. The van der Waals surface area contributed by atoms with Gasteiger partial charge in [-0.3, -0.25) is 9.78 Å². The van der Waals surface area contributed by atoms with Crippen LogP contribution in [0.3, 0.4) is 0 Å². The molecule has 1 fully saturated rings. The second-order valence-electron chi connectivity index (χ2n) is 8.67. The lowest BCUT2D eigenvalue weighted by Crippen LogP contribution is -2.45. The average molecular weight is 486 g/mol. The lowest BCUT2D eigenvalue weighted by molar-refractivity contribution is -0.121. The van der Waals surface area contributed by atoms with Crippen LogP contribution in [0.25, 0.3) is 10.8 Å². The first-order valence-corrected chi connectivity index (χ1v) is 13.1. The van der Waals surface area contributed by atoms with Crippen LogP contribution in [-0.4, -0.2) is 43.7 Å². The fourth-order valence-corrected chi connectivity index (χ4v) is 5.93. The van der Waals surface area contributed by atoms with Crippen molar-refractivity contribution in [2.75, 3.05) is 18.0 Å². The summed E-state index contributed by atoms with van der Waals surface area (Å²) < 4.78 is 26.2. The number of carbonyl (C=O) groups excluding carboxylic acids is 1. The van der Waals surface area contributed by atoms with E-state index in [0.29, 0.717) is 5.02 Å². The molecule has 2 aromatic carbocycles. The third-order valence-electron chi connectivity index (χ3n) is 6.24. The lowest BCUT2D eigenvalue weighted by atomic mass is 10.0. The second kappa shape index (κ2) is 9.69. The molecular weight excluding hydrogens is 458 g/mol.